The number of amides is 3. The van der Waals surface area contributed by atoms with Crippen molar-refractivity contribution in [3.63, 3.8) is 0 Å². The van der Waals surface area contributed by atoms with E-state index in [0.717, 1.165) is 49.4 Å². The van der Waals surface area contributed by atoms with Gasteiger partial charge < -0.3 is 9.64 Å². The lowest BCUT2D eigenvalue weighted by Gasteiger charge is -2.48. The van der Waals surface area contributed by atoms with Crippen LogP contribution in [0.4, 0.5) is 0 Å². The standard InChI is InChI=1S/C26H28ClN5O4/c27-19-10-28-14-29-24(19)16-11-31(12-16)20-3-1-2-4-22(20)36-17-5-6-18-15(9-17)13-32(26(18)35)21-7-8-23(33)30-25(21)34/h5-6,9-10,14,16,20-22H,1-4,7-8,11-13H2,(H,30,33,34)/t20-,21?,22+/m1/s1. The van der Waals surface area contributed by atoms with Gasteiger partial charge in [0, 0.05) is 49.8 Å². The van der Waals surface area contributed by atoms with Crippen LogP contribution in [0.3, 0.4) is 0 Å². The van der Waals surface area contributed by atoms with Crippen molar-refractivity contribution in [2.75, 3.05) is 13.1 Å². The number of likely N-dealkylation sites (tertiary alicyclic amines) is 1. The van der Waals surface area contributed by atoms with Gasteiger partial charge in [-0.25, -0.2) is 9.97 Å². The number of nitrogens with one attached hydrogen (secondary N) is 1. The number of fused-ring (bicyclic) bond motifs is 1. The Hall–Kier alpha value is -3.04. The summed E-state index contributed by atoms with van der Waals surface area (Å²) in [6, 6.07) is 5.30. The lowest BCUT2D eigenvalue weighted by Crippen LogP contribution is -2.57. The molecule has 4 heterocycles. The van der Waals surface area contributed by atoms with E-state index in [-0.39, 0.29) is 24.3 Å². The summed E-state index contributed by atoms with van der Waals surface area (Å²) in [5, 5.41) is 2.97. The summed E-state index contributed by atoms with van der Waals surface area (Å²) in [6.07, 6.45) is 8.25. The van der Waals surface area contributed by atoms with E-state index in [4.69, 9.17) is 16.3 Å². The van der Waals surface area contributed by atoms with Gasteiger partial charge in [-0.2, -0.15) is 0 Å². The predicted molar refractivity (Wildman–Crippen MR) is 131 cm³/mol. The first-order valence-electron chi connectivity index (χ1n) is 12.6. The third kappa shape index (κ3) is 4.24. The molecule has 3 fully saturated rings. The van der Waals surface area contributed by atoms with E-state index >= 15 is 0 Å². The van der Waals surface area contributed by atoms with Crippen molar-refractivity contribution in [1.29, 1.82) is 0 Å². The van der Waals surface area contributed by atoms with Gasteiger partial charge in [-0.3, -0.25) is 24.6 Å². The number of benzene rings is 1. The molecular formula is C26H28ClN5O4. The van der Waals surface area contributed by atoms with Crippen LogP contribution in [0.5, 0.6) is 5.75 Å². The van der Waals surface area contributed by atoms with E-state index < -0.39 is 11.9 Å². The molecule has 2 saturated heterocycles. The maximum Gasteiger partial charge on any atom is 0.255 e. The Bertz CT molecular complexity index is 1220. The van der Waals surface area contributed by atoms with Gasteiger partial charge in [0.25, 0.3) is 5.91 Å². The summed E-state index contributed by atoms with van der Waals surface area (Å²) in [7, 11) is 0. The highest BCUT2D eigenvalue weighted by Crippen LogP contribution is 2.37. The van der Waals surface area contributed by atoms with Crippen LogP contribution in [0.15, 0.2) is 30.7 Å². The maximum atomic E-state index is 13.0. The van der Waals surface area contributed by atoms with Crippen LogP contribution in [-0.2, 0) is 16.1 Å². The van der Waals surface area contributed by atoms with E-state index in [2.05, 4.69) is 20.2 Å². The monoisotopic (exact) mass is 509 g/mol. The molecule has 6 rings (SSSR count). The quantitative estimate of drug-likeness (QED) is 0.618. The van der Waals surface area contributed by atoms with Crippen molar-refractivity contribution in [3.05, 3.63) is 52.6 Å². The van der Waals surface area contributed by atoms with Crippen molar-refractivity contribution < 1.29 is 19.1 Å². The van der Waals surface area contributed by atoms with Crippen LogP contribution in [0.2, 0.25) is 5.02 Å². The van der Waals surface area contributed by atoms with Crippen molar-refractivity contribution in [2.24, 2.45) is 0 Å². The molecule has 2 aromatic rings. The largest absolute Gasteiger partial charge is 0.489 e. The second-order valence-electron chi connectivity index (χ2n) is 10.1. The average molecular weight is 510 g/mol. The zero-order chi connectivity index (χ0) is 24.8. The highest BCUT2D eigenvalue weighted by atomic mass is 35.5. The van der Waals surface area contributed by atoms with Gasteiger partial charge in [-0.1, -0.05) is 18.0 Å². The van der Waals surface area contributed by atoms with Crippen LogP contribution in [0, 0.1) is 0 Å². The summed E-state index contributed by atoms with van der Waals surface area (Å²) in [5.74, 6) is 0.209. The molecule has 3 atom stereocenters. The molecule has 0 radical (unpaired) electrons. The third-order valence-electron chi connectivity index (χ3n) is 7.91. The van der Waals surface area contributed by atoms with Crippen molar-refractivity contribution in [1.82, 2.24) is 25.1 Å². The molecule has 0 spiro atoms. The second kappa shape index (κ2) is 9.44. The number of piperidine rings is 1. The minimum absolute atomic E-state index is 0.0713. The van der Waals surface area contributed by atoms with Crippen LogP contribution in [0.25, 0.3) is 0 Å². The maximum absolute atomic E-state index is 13.0. The fourth-order valence-corrected chi connectivity index (χ4v) is 6.27. The van der Waals surface area contributed by atoms with E-state index in [1.54, 1.807) is 23.5 Å². The Morgan fingerprint density at radius 1 is 1.08 bits per heavy atom. The fourth-order valence-electron chi connectivity index (χ4n) is 6.01. The molecule has 1 aliphatic carbocycles. The number of carbonyl (C=O) groups excluding carboxylic acids is 3. The highest BCUT2D eigenvalue weighted by molar-refractivity contribution is 6.31. The molecule has 3 aliphatic heterocycles. The van der Waals surface area contributed by atoms with Gasteiger partial charge in [0.2, 0.25) is 11.8 Å². The molecule has 10 heteroatoms. The number of imide groups is 1. The Labute approximate surface area is 214 Å². The smallest absolute Gasteiger partial charge is 0.255 e. The van der Waals surface area contributed by atoms with Gasteiger partial charge in [-0.15, -0.1) is 0 Å². The lowest BCUT2D eigenvalue weighted by molar-refractivity contribution is -0.136. The molecule has 36 heavy (non-hydrogen) atoms. The summed E-state index contributed by atoms with van der Waals surface area (Å²) in [4.78, 5) is 49.2. The Morgan fingerprint density at radius 2 is 1.92 bits per heavy atom. The first kappa shape index (κ1) is 23.4. The normalized spacial score (nSPS) is 27.0. The number of ether oxygens (including phenoxy) is 1. The van der Waals surface area contributed by atoms with Gasteiger partial charge in [0.05, 0.1) is 10.7 Å². The second-order valence-corrected chi connectivity index (χ2v) is 10.5. The summed E-state index contributed by atoms with van der Waals surface area (Å²) < 4.78 is 6.52. The zero-order valence-corrected chi connectivity index (χ0v) is 20.6. The number of nitrogens with zero attached hydrogens (tertiary/aromatic N) is 4. The van der Waals surface area contributed by atoms with E-state index in [9.17, 15) is 14.4 Å². The van der Waals surface area contributed by atoms with Gasteiger partial charge in [0.15, 0.2) is 0 Å². The topological polar surface area (TPSA) is 105 Å². The van der Waals surface area contributed by atoms with E-state index in [1.165, 1.54) is 6.42 Å². The number of halogens is 1. The number of hydrogen-bond donors (Lipinski definition) is 1. The van der Waals surface area contributed by atoms with Gasteiger partial charge >= 0.3 is 0 Å². The van der Waals surface area contributed by atoms with Crippen molar-refractivity contribution in [2.45, 2.75) is 69.2 Å². The third-order valence-corrected chi connectivity index (χ3v) is 8.20. The number of carbonyl (C=O) groups is 3. The van der Waals surface area contributed by atoms with Crippen LogP contribution >= 0.6 is 11.6 Å². The number of aromatic nitrogens is 2. The van der Waals surface area contributed by atoms with Crippen LogP contribution < -0.4 is 10.1 Å². The average Bonchev–Trinajstić information content (AvgIpc) is 3.16. The SMILES string of the molecule is O=C1CCC(N2Cc3cc(O[C@H]4CCCC[C@H]4N4CC(c5ncncc5Cl)C4)ccc3C2=O)C(=O)N1. The molecule has 1 N–H and O–H groups in total. The predicted octanol–water partition coefficient (Wildman–Crippen LogP) is 2.68. The Balaban J connectivity index is 1.12. The molecule has 9 nitrogen and oxygen atoms in total. The number of rotatable bonds is 5. The first-order valence-corrected chi connectivity index (χ1v) is 13.0. The molecule has 1 unspecified atom stereocenters. The summed E-state index contributed by atoms with van der Waals surface area (Å²) in [5.41, 5.74) is 2.37. The van der Waals surface area contributed by atoms with Crippen molar-refractivity contribution >= 4 is 29.3 Å². The van der Waals surface area contributed by atoms with Crippen LogP contribution in [0.1, 0.15) is 66.1 Å². The summed E-state index contributed by atoms with van der Waals surface area (Å²) in [6.45, 7) is 2.15. The van der Waals surface area contributed by atoms with Crippen molar-refractivity contribution in [3.8, 4) is 5.75 Å². The van der Waals surface area contributed by atoms with Gasteiger partial charge in [-0.05, 0) is 49.4 Å². The molecule has 188 valence electrons. The highest BCUT2D eigenvalue weighted by Gasteiger charge is 2.41. The van der Waals surface area contributed by atoms with E-state index in [0.29, 0.717) is 35.5 Å². The molecule has 1 saturated carbocycles. The molecule has 4 aliphatic rings. The molecule has 0 bridgehead atoms. The Morgan fingerprint density at radius 3 is 2.72 bits per heavy atom. The minimum atomic E-state index is -0.613. The molecule has 3 amide bonds. The van der Waals surface area contributed by atoms with E-state index in [1.807, 2.05) is 12.1 Å². The summed E-state index contributed by atoms with van der Waals surface area (Å²) >= 11 is 6.30. The number of hydrogen-bond acceptors (Lipinski definition) is 7. The van der Waals surface area contributed by atoms with Crippen LogP contribution in [-0.4, -0.2) is 68.8 Å². The molecular weight excluding hydrogens is 482 g/mol. The lowest BCUT2D eigenvalue weighted by atomic mass is 9.85. The fraction of sp³-hybridized carbons (Fsp3) is 0.500. The minimum Gasteiger partial charge on any atom is -0.489 e. The first-order chi connectivity index (χ1) is 17.5. The Kier molecular flexibility index (Phi) is 6.13. The zero-order valence-electron chi connectivity index (χ0n) is 19.9. The van der Waals surface area contributed by atoms with Gasteiger partial charge in [0.1, 0.15) is 24.2 Å². The molecule has 1 aromatic carbocycles. The molecule has 1 aromatic heterocycles.